The predicted molar refractivity (Wildman–Crippen MR) is 108 cm³/mol. The number of rotatable bonds is 6. The lowest BCUT2D eigenvalue weighted by Gasteiger charge is -2.19. The fourth-order valence-electron chi connectivity index (χ4n) is 2.26. The van der Waals surface area contributed by atoms with Crippen molar-refractivity contribution in [3.63, 3.8) is 0 Å². The van der Waals surface area contributed by atoms with E-state index in [1.54, 1.807) is 0 Å². The van der Waals surface area contributed by atoms with E-state index in [1.165, 1.54) is 5.56 Å². The van der Waals surface area contributed by atoms with Crippen LogP contribution >= 0.6 is 22.6 Å². The van der Waals surface area contributed by atoms with Crippen LogP contribution in [0.4, 0.5) is 5.69 Å². The Morgan fingerprint density at radius 3 is 2.46 bits per heavy atom. The van der Waals surface area contributed by atoms with Crippen molar-refractivity contribution in [1.29, 1.82) is 0 Å². The van der Waals surface area contributed by atoms with Crippen molar-refractivity contribution in [2.75, 3.05) is 11.9 Å². The zero-order chi connectivity index (χ0) is 17.6. The molecule has 2 aromatic carbocycles. The SMILES string of the molecule is CC(C)(C)c1ccc(OCCCC(=O)Nc2cccc(I)c2)cc1. The van der Waals surface area contributed by atoms with Gasteiger partial charge in [0.05, 0.1) is 6.61 Å². The lowest BCUT2D eigenvalue weighted by molar-refractivity contribution is -0.116. The van der Waals surface area contributed by atoms with Crippen LogP contribution < -0.4 is 10.1 Å². The predicted octanol–water partition coefficient (Wildman–Crippen LogP) is 5.39. The molecule has 0 aliphatic carbocycles. The van der Waals surface area contributed by atoms with Crippen LogP contribution in [0.15, 0.2) is 48.5 Å². The van der Waals surface area contributed by atoms with Crippen molar-refractivity contribution in [3.05, 3.63) is 57.7 Å². The molecule has 0 unspecified atom stereocenters. The molecule has 0 aliphatic rings. The van der Waals surface area contributed by atoms with Crippen molar-refractivity contribution in [3.8, 4) is 5.75 Å². The van der Waals surface area contributed by atoms with Gasteiger partial charge in [0.15, 0.2) is 0 Å². The Labute approximate surface area is 157 Å². The second-order valence-electron chi connectivity index (χ2n) is 6.78. The first-order valence-corrected chi connectivity index (χ1v) is 9.21. The summed E-state index contributed by atoms with van der Waals surface area (Å²) < 4.78 is 6.82. The molecule has 3 nitrogen and oxygen atoms in total. The quantitative estimate of drug-likeness (QED) is 0.487. The third-order valence-electron chi connectivity index (χ3n) is 3.65. The highest BCUT2D eigenvalue weighted by molar-refractivity contribution is 14.1. The Morgan fingerprint density at radius 1 is 1.12 bits per heavy atom. The molecule has 0 saturated carbocycles. The van der Waals surface area contributed by atoms with E-state index >= 15 is 0 Å². The lowest BCUT2D eigenvalue weighted by Crippen LogP contribution is -2.13. The molecule has 1 N–H and O–H groups in total. The third kappa shape index (κ3) is 6.15. The number of hydrogen-bond acceptors (Lipinski definition) is 2. The topological polar surface area (TPSA) is 38.3 Å². The Balaban J connectivity index is 1.71. The molecule has 2 rings (SSSR count). The van der Waals surface area contributed by atoms with Gasteiger partial charge in [-0.05, 0) is 70.3 Å². The van der Waals surface area contributed by atoms with Crippen LogP contribution in [0.25, 0.3) is 0 Å². The fraction of sp³-hybridized carbons (Fsp3) is 0.350. The van der Waals surface area contributed by atoms with Gasteiger partial charge in [-0.15, -0.1) is 0 Å². The number of benzene rings is 2. The van der Waals surface area contributed by atoms with Gasteiger partial charge in [0, 0.05) is 15.7 Å². The van der Waals surface area contributed by atoms with Gasteiger partial charge in [-0.2, -0.15) is 0 Å². The average Bonchev–Trinajstić information content (AvgIpc) is 2.51. The molecule has 1 amide bonds. The van der Waals surface area contributed by atoms with E-state index in [4.69, 9.17) is 4.74 Å². The summed E-state index contributed by atoms with van der Waals surface area (Å²) in [4.78, 5) is 11.9. The van der Waals surface area contributed by atoms with Crippen LogP contribution in [-0.4, -0.2) is 12.5 Å². The number of hydrogen-bond donors (Lipinski definition) is 1. The largest absolute Gasteiger partial charge is 0.494 e. The minimum absolute atomic E-state index is 0.0173. The maximum atomic E-state index is 11.9. The van der Waals surface area contributed by atoms with E-state index in [1.807, 2.05) is 36.4 Å². The summed E-state index contributed by atoms with van der Waals surface area (Å²) in [5.41, 5.74) is 2.27. The summed E-state index contributed by atoms with van der Waals surface area (Å²) in [6.07, 6.45) is 1.14. The molecule has 0 radical (unpaired) electrons. The van der Waals surface area contributed by atoms with Gasteiger partial charge in [0.1, 0.15) is 5.75 Å². The molecule has 0 saturated heterocycles. The highest BCUT2D eigenvalue weighted by Crippen LogP contribution is 2.24. The zero-order valence-corrected chi connectivity index (χ0v) is 16.6. The second kappa shape index (κ2) is 8.51. The van der Waals surface area contributed by atoms with E-state index in [0.717, 1.165) is 15.0 Å². The van der Waals surface area contributed by atoms with Crippen LogP contribution in [0.3, 0.4) is 0 Å². The smallest absolute Gasteiger partial charge is 0.224 e. The molecule has 0 fully saturated rings. The van der Waals surface area contributed by atoms with Gasteiger partial charge in [-0.25, -0.2) is 0 Å². The summed E-state index contributed by atoms with van der Waals surface area (Å²) in [7, 11) is 0. The van der Waals surface area contributed by atoms with Crippen molar-refractivity contribution in [2.24, 2.45) is 0 Å². The van der Waals surface area contributed by atoms with E-state index in [9.17, 15) is 4.79 Å². The van der Waals surface area contributed by atoms with Crippen molar-refractivity contribution in [1.82, 2.24) is 0 Å². The van der Waals surface area contributed by atoms with E-state index in [-0.39, 0.29) is 11.3 Å². The van der Waals surface area contributed by atoms with Gasteiger partial charge in [0.2, 0.25) is 5.91 Å². The van der Waals surface area contributed by atoms with Crippen molar-refractivity contribution >= 4 is 34.2 Å². The van der Waals surface area contributed by atoms with Crippen molar-refractivity contribution in [2.45, 2.75) is 39.0 Å². The Hall–Kier alpha value is -1.56. The Bertz CT molecular complexity index is 675. The monoisotopic (exact) mass is 437 g/mol. The van der Waals surface area contributed by atoms with Crippen molar-refractivity contribution < 1.29 is 9.53 Å². The van der Waals surface area contributed by atoms with Gasteiger partial charge < -0.3 is 10.1 Å². The van der Waals surface area contributed by atoms with Gasteiger partial charge in [-0.1, -0.05) is 39.0 Å². The van der Waals surface area contributed by atoms with Gasteiger partial charge >= 0.3 is 0 Å². The number of carbonyl (C=O) groups is 1. The molecule has 128 valence electrons. The molecular formula is C20H24INO2. The first-order valence-electron chi connectivity index (χ1n) is 8.13. The van der Waals surface area contributed by atoms with Crippen LogP contribution in [0, 0.1) is 3.57 Å². The zero-order valence-electron chi connectivity index (χ0n) is 14.4. The lowest BCUT2D eigenvalue weighted by atomic mass is 9.87. The number of nitrogens with one attached hydrogen (secondary N) is 1. The summed E-state index contributed by atoms with van der Waals surface area (Å²) in [5.74, 6) is 0.865. The second-order valence-corrected chi connectivity index (χ2v) is 8.03. The fourth-order valence-corrected chi connectivity index (χ4v) is 2.81. The number of ether oxygens (including phenoxy) is 1. The normalized spacial score (nSPS) is 11.2. The van der Waals surface area contributed by atoms with Crippen LogP contribution in [0.1, 0.15) is 39.2 Å². The van der Waals surface area contributed by atoms with E-state index in [0.29, 0.717) is 19.4 Å². The molecule has 0 heterocycles. The molecule has 4 heteroatoms. The van der Waals surface area contributed by atoms with Crippen LogP contribution in [-0.2, 0) is 10.2 Å². The third-order valence-corrected chi connectivity index (χ3v) is 4.32. The minimum Gasteiger partial charge on any atom is -0.494 e. The molecule has 0 aromatic heterocycles. The number of halogens is 1. The van der Waals surface area contributed by atoms with E-state index in [2.05, 4.69) is 60.8 Å². The van der Waals surface area contributed by atoms with Crippen LogP contribution in [0.5, 0.6) is 5.75 Å². The first kappa shape index (κ1) is 18.8. The first-order chi connectivity index (χ1) is 11.3. The summed E-state index contributed by atoms with van der Waals surface area (Å²) in [5, 5.41) is 2.91. The maximum Gasteiger partial charge on any atom is 0.224 e. The average molecular weight is 437 g/mol. The summed E-state index contributed by atoms with van der Waals surface area (Å²) in [6.45, 7) is 7.11. The Morgan fingerprint density at radius 2 is 1.83 bits per heavy atom. The number of carbonyl (C=O) groups excluding carboxylic acids is 1. The molecule has 2 aromatic rings. The number of amides is 1. The highest BCUT2D eigenvalue weighted by atomic mass is 127. The molecule has 0 bridgehead atoms. The van der Waals surface area contributed by atoms with Gasteiger partial charge in [-0.3, -0.25) is 4.79 Å². The molecule has 24 heavy (non-hydrogen) atoms. The summed E-state index contributed by atoms with van der Waals surface area (Å²) >= 11 is 2.23. The molecule has 0 aliphatic heterocycles. The highest BCUT2D eigenvalue weighted by Gasteiger charge is 2.12. The summed E-state index contributed by atoms with van der Waals surface area (Å²) in [6, 6.07) is 16.0. The minimum atomic E-state index is 0.0173. The van der Waals surface area contributed by atoms with Crippen LogP contribution in [0.2, 0.25) is 0 Å². The van der Waals surface area contributed by atoms with E-state index < -0.39 is 0 Å². The molecular weight excluding hydrogens is 413 g/mol. The maximum absolute atomic E-state index is 11.9. The Kier molecular flexibility index (Phi) is 6.66. The standard InChI is InChI=1S/C20H24INO2/c1-20(2,3)15-9-11-18(12-10-15)24-13-5-8-19(23)22-17-7-4-6-16(21)14-17/h4,6-7,9-12,14H,5,8,13H2,1-3H3,(H,22,23). The molecule has 0 spiro atoms. The molecule has 0 atom stereocenters. The number of anilines is 1. The van der Waals surface area contributed by atoms with Gasteiger partial charge in [0.25, 0.3) is 0 Å².